The molecule has 0 saturated carbocycles. The first kappa shape index (κ1) is 16.0. The summed E-state index contributed by atoms with van der Waals surface area (Å²) in [5.74, 6) is 1.83. The van der Waals surface area contributed by atoms with Crippen LogP contribution < -0.4 is 14.8 Å². The van der Waals surface area contributed by atoms with Gasteiger partial charge in [-0.05, 0) is 37.8 Å². The summed E-state index contributed by atoms with van der Waals surface area (Å²) in [6, 6.07) is 6.25. The number of likely N-dealkylation sites (tertiary alicyclic amines) is 1. The van der Waals surface area contributed by atoms with Crippen LogP contribution in [0.2, 0.25) is 0 Å². The number of piperidine rings is 1. The maximum atomic E-state index is 12.4. The molecule has 2 aliphatic rings. The summed E-state index contributed by atoms with van der Waals surface area (Å²) in [5, 5.41) is 3.31. The molecule has 1 atom stereocenters. The Labute approximate surface area is 137 Å². The van der Waals surface area contributed by atoms with Gasteiger partial charge in [0.15, 0.2) is 11.5 Å². The third kappa shape index (κ3) is 3.89. The summed E-state index contributed by atoms with van der Waals surface area (Å²) >= 11 is 0. The zero-order valence-electron chi connectivity index (χ0n) is 13.8. The molecule has 1 saturated heterocycles. The molecule has 5 heteroatoms. The number of carbonyl (C=O) groups excluding carboxylic acids is 1. The van der Waals surface area contributed by atoms with Crippen molar-refractivity contribution in [3.05, 3.63) is 18.2 Å². The third-order valence-electron chi connectivity index (χ3n) is 4.63. The number of fused-ring (bicyclic) bond motifs is 1. The number of nitrogens with zero attached hydrogens (tertiary/aromatic N) is 1. The lowest BCUT2D eigenvalue weighted by Crippen LogP contribution is -2.43. The average molecular weight is 318 g/mol. The molecule has 3 rings (SSSR count). The fourth-order valence-electron chi connectivity index (χ4n) is 3.36. The van der Waals surface area contributed by atoms with E-state index in [1.165, 1.54) is 6.42 Å². The van der Waals surface area contributed by atoms with Crippen molar-refractivity contribution in [3.63, 3.8) is 0 Å². The largest absolute Gasteiger partial charge is 0.486 e. The minimum absolute atomic E-state index is 0.265. The van der Waals surface area contributed by atoms with Crippen molar-refractivity contribution in [1.82, 2.24) is 4.90 Å². The fourth-order valence-corrected chi connectivity index (χ4v) is 3.36. The van der Waals surface area contributed by atoms with Gasteiger partial charge in [-0.1, -0.05) is 6.92 Å². The van der Waals surface area contributed by atoms with Crippen molar-refractivity contribution >= 4 is 11.6 Å². The van der Waals surface area contributed by atoms with E-state index >= 15 is 0 Å². The lowest BCUT2D eigenvalue weighted by molar-refractivity contribution is -0.134. The average Bonchev–Trinajstić information content (AvgIpc) is 2.61. The number of amides is 1. The van der Waals surface area contributed by atoms with E-state index in [9.17, 15) is 4.79 Å². The van der Waals surface area contributed by atoms with Gasteiger partial charge in [0.1, 0.15) is 13.2 Å². The predicted molar refractivity (Wildman–Crippen MR) is 90.2 cm³/mol. The number of hydrogen-bond acceptors (Lipinski definition) is 4. The number of rotatable bonds is 5. The molecule has 0 aliphatic carbocycles. The molecule has 5 nitrogen and oxygen atoms in total. The van der Waals surface area contributed by atoms with Crippen molar-refractivity contribution in [1.29, 1.82) is 0 Å². The van der Waals surface area contributed by atoms with Gasteiger partial charge in [0.05, 0.1) is 0 Å². The standard InChI is InChI=1S/C18H26N2O3/c1-2-15-5-3-4-10-20(15)18(21)8-9-19-14-6-7-16-17(13-14)23-12-11-22-16/h6-7,13,15,19H,2-5,8-12H2,1H3. The van der Waals surface area contributed by atoms with E-state index in [0.29, 0.717) is 32.2 Å². The Morgan fingerprint density at radius 3 is 2.91 bits per heavy atom. The van der Waals surface area contributed by atoms with Crippen molar-refractivity contribution in [2.24, 2.45) is 0 Å². The first-order valence-corrected chi connectivity index (χ1v) is 8.71. The van der Waals surface area contributed by atoms with Crippen LogP contribution in [-0.4, -0.2) is 43.2 Å². The van der Waals surface area contributed by atoms with E-state index in [1.807, 2.05) is 18.2 Å². The van der Waals surface area contributed by atoms with Crippen LogP contribution in [0.4, 0.5) is 5.69 Å². The fraction of sp³-hybridized carbons (Fsp3) is 0.611. The molecule has 2 aliphatic heterocycles. The van der Waals surface area contributed by atoms with Crippen molar-refractivity contribution in [2.75, 3.05) is 31.6 Å². The molecule has 0 bridgehead atoms. The first-order chi connectivity index (χ1) is 11.3. The number of benzene rings is 1. The second-order valence-electron chi connectivity index (χ2n) is 6.18. The van der Waals surface area contributed by atoms with Crippen LogP contribution >= 0.6 is 0 Å². The highest BCUT2D eigenvalue weighted by Crippen LogP contribution is 2.32. The Hall–Kier alpha value is -1.91. The monoisotopic (exact) mass is 318 g/mol. The van der Waals surface area contributed by atoms with Crippen LogP contribution in [-0.2, 0) is 4.79 Å². The molecule has 1 fully saturated rings. The number of hydrogen-bond donors (Lipinski definition) is 1. The van der Waals surface area contributed by atoms with Crippen LogP contribution in [0.15, 0.2) is 18.2 Å². The number of anilines is 1. The van der Waals surface area contributed by atoms with Crippen LogP contribution in [0, 0.1) is 0 Å². The van der Waals surface area contributed by atoms with E-state index < -0.39 is 0 Å². The molecule has 1 unspecified atom stereocenters. The Balaban J connectivity index is 1.50. The van der Waals surface area contributed by atoms with Gasteiger partial charge in [-0.2, -0.15) is 0 Å². The van der Waals surface area contributed by atoms with Gasteiger partial charge in [0.25, 0.3) is 0 Å². The summed E-state index contributed by atoms with van der Waals surface area (Å²) in [4.78, 5) is 14.5. The van der Waals surface area contributed by atoms with Crippen LogP contribution in [0.3, 0.4) is 0 Å². The molecule has 126 valence electrons. The molecule has 0 radical (unpaired) electrons. The van der Waals surface area contributed by atoms with Gasteiger partial charge >= 0.3 is 0 Å². The molecule has 1 aromatic rings. The van der Waals surface area contributed by atoms with Crippen LogP contribution in [0.1, 0.15) is 39.0 Å². The smallest absolute Gasteiger partial charge is 0.224 e. The normalized spacial score (nSPS) is 20.2. The van der Waals surface area contributed by atoms with Crippen LogP contribution in [0.25, 0.3) is 0 Å². The first-order valence-electron chi connectivity index (χ1n) is 8.71. The van der Waals surface area contributed by atoms with Gasteiger partial charge in [-0.3, -0.25) is 4.79 Å². The van der Waals surface area contributed by atoms with Gasteiger partial charge in [-0.25, -0.2) is 0 Å². The summed E-state index contributed by atoms with van der Waals surface area (Å²) in [5.41, 5.74) is 0.965. The quantitative estimate of drug-likeness (QED) is 0.906. The lowest BCUT2D eigenvalue weighted by atomic mass is 9.99. The Kier molecular flexibility index (Phi) is 5.26. The van der Waals surface area contributed by atoms with Gasteiger partial charge in [0, 0.05) is 37.3 Å². The van der Waals surface area contributed by atoms with Gasteiger partial charge in [-0.15, -0.1) is 0 Å². The Morgan fingerprint density at radius 1 is 1.26 bits per heavy atom. The van der Waals surface area contributed by atoms with Crippen molar-refractivity contribution in [3.8, 4) is 11.5 Å². The minimum atomic E-state index is 0.265. The number of carbonyl (C=O) groups is 1. The zero-order valence-corrected chi connectivity index (χ0v) is 13.8. The van der Waals surface area contributed by atoms with E-state index in [4.69, 9.17) is 9.47 Å². The number of nitrogens with one attached hydrogen (secondary N) is 1. The lowest BCUT2D eigenvalue weighted by Gasteiger charge is -2.35. The van der Waals surface area contributed by atoms with E-state index in [0.717, 1.165) is 43.0 Å². The summed E-state index contributed by atoms with van der Waals surface area (Å²) in [6.07, 6.45) is 5.12. The van der Waals surface area contributed by atoms with Crippen LogP contribution in [0.5, 0.6) is 11.5 Å². The molecule has 0 aromatic heterocycles. The second-order valence-corrected chi connectivity index (χ2v) is 6.18. The second kappa shape index (κ2) is 7.57. The maximum absolute atomic E-state index is 12.4. The molecule has 1 aromatic carbocycles. The van der Waals surface area contributed by atoms with E-state index in [-0.39, 0.29) is 5.91 Å². The molecule has 0 spiro atoms. The third-order valence-corrected chi connectivity index (χ3v) is 4.63. The van der Waals surface area contributed by atoms with Crippen molar-refractivity contribution < 1.29 is 14.3 Å². The Bertz CT molecular complexity index is 547. The molecule has 1 N–H and O–H groups in total. The zero-order chi connectivity index (χ0) is 16.1. The van der Waals surface area contributed by atoms with Gasteiger partial charge < -0.3 is 19.7 Å². The highest BCUT2D eigenvalue weighted by atomic mass is 16.6. The summed E-state index contributed by atoms with van der Waals surface area (Å²) < 4.78 is 11.1. The molecule has 2 heterocycles. The summed E-state index contributed by atoms with van der Waals surface area (Å²) in [6.45, 7) is 4.92. The Morgan fingerprint density at radius 2 is 2.09 bits per heavy atom. The predicted octanol–water partition coefficient (Wildman–Crippen LogP) is 3.05. The highest BCUT2D eigenvalue weighted by Gasteiger charge is 2.24. The maximum Gasteiger partial charge on any atom is 0.224 e. The van der Waals surface area contributed by atoms with E-state index in [1.54, 1.807) is 0 Å². The molecular formula is C18H26N2O3. The summed E-state index contributed by atoms with van der Waals surface area (Å²) in [7, 11) is 0. The van der Waals surface area contributed by atoms with Crippen molar-refractivity contribution in [2.45, 2.75) is 45.1 Å². The molecular weight excluding hydrogens is 292 g/mol. The molecule has 1 amide bonds. The van der Waals surface area contributed by atoms with E-state index in [2.05, 4.69) is 17.1 Å². The number of ether oxygens (including phenoxy) is 2. The van der Waals surface area contributed by atoms with Gasteiger partial charge in [0.2, 0.25) is 5.91 Å². The highest BCUT2D eigenvalue weighted by molar-refractivity contribution is 5.77. The molecule has 23 heavy (non-hydrogen) atoms. The topological polar surface area (TPSA) is 50.8 Å². The SMILES string of the molecule is CCC1CCCCN1C(=O)CCNc1ccc2c(c1)OCCO2. The minimum Gasteiger partial charge on any atom is -0.486 e.